The van der Waals surface area contributed by atoms with Gasteiger partial charge in [0, 0.05) is 24.2 Å². The minimum atomic E-state index is -0.285. The lowest BCUT2D eigenvalue weighted by Gasteiger charge is -2.44. The van der Waals surface area contributed by atoms with Crippen LogP contribution in [-0.2, 0) is 0 Å². The van der Waals surface area contributed by atoms with Gasteiger partial charge in [0.15, 0.2) is 11.2 Å². The highest BCUT2D eigenvalue weighted by atomic mass is 32.1. The third-order valence-electron chi connectivity index (χ3n) is 5.96. The second kappa shape index (κ2) is 7.47. The van der Waals surface area contributed by atoms with E-state index in [1.54, 1.807) is 11.1 Å². The summed E-state index contributed by atoms with van der Waals surface area (Å²) in [7, 11) is 0. The molecule has 2 heterocycles. The molecule has 1 saturated carbocycles. The Bertz CT molecular complexity index is 1120. The van der Waals surface area contributed by atoms with Gasteiger partial charge < -0.3 is 15.0 Å². The molecule has 1 amide bonds. The maximum absolute atomic E-state index is 12.9. The maximum atomic E-state index is 12.9. The molecular formula is C23H20N4O2S. The number of para-hydroxylation sites is 2. The number of thiazole rings is 1. The number of hydrogen-bond acceptors (Lipinski definition) is 6. The molecule has 6 nitrogen and oxygen atoms in total. The fourth-order valence-corrected chi connectivity index (χ4v) is 5.12. The Morgan fingerprint density at radius 2 is 2.03 bits per heavy atom. The molecule has 2 fully saturated rings. The number of nitrogens with one attached hydrogen (secondary N) is 1. The number of aromatic nitrogens is 1. The van der Waals surface area contributed by atoms with Crippen molar-refractivity contribution in [2.75, 3.05) is 13.1 Å². The van der Waals surface area contributed by atoms with Crippen LogP contribution in [0.4, 0.5) is 0 Å². The van der Waals surface area contributed by atoms with Gasteiger partial charge >= 0.3 is 0 Å². The van der Waals surface area contributed by atoms with Crippen molar-refractivity contribution < 1.29 is 9.53 Å². The first-order chi connectivity index (χ1) is 14.7. The van der Waals surface area contributed by atoms with Gasteiger partial charge in [0.2, 0.25) is 0 Å². The Hall–Kier alpha value is -3.37. The van der Waals surface area contributed by atoms with Gasteiger partial charge in [0.25, 0.3) is 5.91 Å². The molecule has 2 aromatic carbocycles. The predicted octanol–water partition coefficient (Wildman–Crippen LogP) is 4.28. The summed E-state index contributed by atoms with van der Waals surface area (Å²) in [5.74, 6) is 1.65. The highest BCUT2D eigenvalue weighted by Crippen LogP contribution is 2.44. The van der Waals surface area contributed by atoms with Gasteiger partial charge in [0.1, 0.15) is 11.5 Å². The Morgan fingerprint density at radius 1 is 1.23 bits per heavy atom. The second-order valence-corrected chi connectivity index (χ2v) is 8.80. The number of nitriles is 1. The normalized spacial score (nSPS) is 22.0. The number of carbonyl (C=O) groups excluding carboxylic acids is 1. The number of fused-ring (bicyclic) bond motifs is 1. The third-order valence-corrected chi connectivity index (χ3v) is 6.99. The first-order valence-corrected chi connectivity index (χ1v) is 10.7. The lowest BCUT2D eigenvalue weighted by Crippen LogP contribution is -2.60. The van der Waals surface area contributed by atoms with Crippen molar-refractivity contribution in [1.29, 1.82) is 5.26 Å². The molecule has 1 unspecified atom stereocenters. The summed E-state index contributed by atoms with van der Waals surface area (Å²) in [5.41, 5.74) is 0.613. The fraction of sp³-hybridized carbons (Fsp3) is 0.261. The van der Waals surface area contributed by atoms with Crippen LogP contribution in [-0.4, -0.2) is 34.4 Å². The number of likely N-dealkylation sites (tertiary alicyclic amines) is 1. The van der Waals surface area contributed by atoms with Crippen molar-refractivity contribution in [3.8, 4) is 28.1 Å². The van der Waals surface area contributed by atoms with Gasteiger partial charge in [0.05, 0.1) is 17.0 Å². The van der Waals surface area contributed by atoms with Crippen molar-refractivity contribution in [2.45, 2.75) is 18.4 Å². The van der Waals surface area contributed by atoms with Crippen LogP contribution in [0, 0.1) is 17.4 Å². The number of benzene rings is 2. The van der Waals surface area contributed by atoms with Gasteiger partial charge in [-0.3, -0.25) is 4.79 Å². The first kappa shape index (κ1) is 18.6. The number of hydrogen-bond donors (Lipinski definition) is 1. The van der Waals surface area contributed by atoms with E-state index < -0.39 is 0 Å². The van der Waals surface area contributed by atoms with Crippen LogP contribution in [0.15, 0.2) is 60.8 Å². The number of amides is 1. The summed E-state index contributed by atoms with van der Waals surface area (Å²) in [5, 5.41) is 12.8. The molecule has 1 aromatic heterocycles. The number of ether oxygens (including phenoxy) is 1. The summed E-state index contributed by atoms with van der Waals surface area (Å²) in [6, 6.07) is 17.4. The minimum Gasteiger partial charge on any atom is -0.457 e. The van der Waals surface area contributed by atoms with E-state index in [4.69, 9.17) is 4.74 Å². The van der Waals surface area contributed by atoms with Crippen LogP contribution < -0.4 is 10.1 Å². The number of carbonyl (C=O) groups is 1. The summed E-state index contributed by atoms with van der Waals surface area (Å²) in [4.78, 5) is 19.9. The molecule has 1 N–H and O–H groups in total. The number of nitrogens with zero attached hydrogens (tertiary/aromatic N) is 3. The molecular weight excluding hydrogens is 396 g/mol. The van der Waals surface area contributed by atoms with Crippen LogP contribution in [0.3, 0.4) is 0 Å². The van der Waals surface area contributed by atoms with Crippen LogP contribution >= 0.6 is 11.3 Å². The van der Waals surface area contributed by atoms with Crippen molar-refractivity contribution in [1.82, 2.24) is 15.2 Å². The molecule has 2 atom stereocenters. The maximum Gasteiger partial charge on any atom is 0.280 e. The van der Waals surface area contributed by atoms with Crippen LogP contribution in [0.1, 0.15) is 22.6 Å². The van der Waals surface area contributed by atoms with Gasteiger partial charge in [-0.15, -0.1) is 11.3 Å². The largest absolute Gasteiger partial charge is 0.457 e. The summed E-state index contributed by atoms with van der Waals surface area (Å²) < 4.78 is 6.05. The monoisotopic (exact) mass is 416 g/mol. The fourth-order valence-electron chi connectivity index (χ4n) is 4.28. The van der Waals surface area contributed by atoms with E-state index in [2.05, 4.69) is 16.5 Å². The van der Waals surface area contributed by atoms with E-state index >= 15 is 0 Å². The average Bonchev–Trinajstić information content (AvgIpc) is 3.34. The standard InChI is InChI=1S/C23H20N4O2S/c24-15-27-13-16-10-11-23(16,14-27)26-21(28)22-25-12-20(30-22)18-8-4-5-9-19(18)29-17-6-2-1-3-7-17/h1-9,12,16H,10-11,13-14H2,(H,26,28)/t16?,23-/m0/s1. The van der Waals surface area contributed by atoms with Gasteiger partial charge in [-0.1, -0.05) is 30.3 Å². The molecule has 1 aliphatic carbocycles. The van der Waals surface area contributed by atoms with Crippen molar-refractivity contribution in [3.05, 3.63) is 65.8 Å². The smallest absolute Gasteiger partial charge is 0.280 e. The van der Waals surface area contributed by atoms with E-state index in [0.717, 1.165) is 41.3 Å². The lowest BCUT2D eigenvalue weighted by molar-refractivity contribution is 0.0762. The molecule has 30 heavy (non-hydrogen) atoms. The second-order valence-electron chi connectivity index (χ2n) is 7.77. The molecule has 2 aliphatic rings. The van der Waals surface area contributed by atoms with Gasteiger partial charge in [-0.25, -0.2) is 4.98 Å². The zero-order chi connectivity index (χ0) is 20.6. The van der Waals surface area contributed by atoms with E-state index in [1.165, 1.54) is 11.3 Å². The zero-order valence-corrected chi connectivity index (χ0v) is 17.1. The lowest BCUT2D eigenvalue weighted by atomic mass is 9.69. The molecule has 7 heteroatoms. The topological polar surface area (TPSA) is 78.3 Å². The van der Waals surface area contributed by atoms with E-state index in [0.29, 0.717) is 17.5 Å². The van der Waals surface area contributed by atoms with Gasteiger partial charge in [-0.05, 0) is 37.1 Å². The van der Waals surface area contributed by atoms with Crippen molar-refractivity contribution in [3.63, 3.8) is 0 Å². The predicted molar refractivity (Wildman–Crippen MR) is 114 cm³/mol. The zero-order valence-electron chi connectivity index (χ0n) is 16.2. The summed E-state index contributed by atoms with van der Waals surface area (Å²) in [6.07, 6.45) is 5.89. The molecule has 5 rings (SSSR count). The minimum absolute atomic E-state index is 0.169. The molecule has 1 aliphatic heterocycles. The van der Waals surface area contributed by atoms with Crippen LogP contribution in [0.2, 0.25) is 0 Å². The first-order valence-electron chi connectivity index (χ1n) is 9.92. The summed E-state index contributed by atoms with van der Waals surface area (Å²) in [6.45, 7) is 1.32. The molecule has 0 radical (unpaired) electrons. The highest BCUT2D eigenvalue weighted by molar-refractivity contribution is 7.17. The third kappa shape index (κ3) is 3.29. The highest BCUT2D eigenvalue weighted by Gasteiger charge is 2.54. The quantitative estimate of drug-likeness (QED) is 0.628. The Morgan fingerprint density at radius 3 is 2.80 bits per heavy atom. The van der Waals surface area contributed by atoms with Crippen molar-refractivity contribution >= 4 is 17.2 Å². The Balaban J connectivity index is 1.35. The molecule has 1 saturated heterocycles. The van der Waals surface area contributed by atoms with E-state index in [-0.39, 0.29) is 11.4 Å². The molecule has 0 bridgehead atoms. The van der Waals surface area contributed by atoms with E-state index in [1.807, 2.05) is 54.6 Å². The molecule has 0 spiro atoms. The molecule has 3 aromatic rings. The Labute approximate surface area is 178 Å². The molecule has 150 valence electrons. The SMILES string of the molecule is N#CN1CC2CC[C@]2(NC(=O)c2ncc(-c3ccccc3Oc3ccccc3)s2)C1. The Kier molecular flexibility index (Phi) is 4.64. The summed E-state index contributed by atoms with van der Waals surface area (Å²) >= 11 is 1.35. The van der Waals surface area contributed by atoms with E-state index in [9.17, 15) is 10.1 Å². The van der Waals surface area contributed by atoms with Crippen LogP contribution in [0.5, 0.6) is 11.5 Å². The van der Waals surface area contributed by atoms with Gasteiger partial charge in [-0.2, -0.15) is 5.26 Å². The average molecular weight is 417 g/mol. The van der Waals surface area contributed by atoms with Crippen molar-refractivity contribution in [2.24, 2.45) is 5.92 Å². The number of rotatable bonds is 5. The van der Waals surface area contributed by atoms with Crippen LogP contribution in [0.25, 0.3) is 10.4 Å².